The van der Waals surface area contributed by atoms with Crippen LogP contribution in [0.1, 0.15) is 125 Å². The quantitative estimate of drug-likeness (QED) is 0.417. The second-order valence-electron chi connectivity index (χ2n) is 13.1. The molecule has 0 radical (unpaired) electrons. The Morgan fingerprint density at radius 3 is 2.24 bits per heavy atom. The molecule has 0 aromatic rings. The van der Waals surface area contributed by atoms with Gasteiger partial charge in [0.25, 0.3) is 0 Å². The number of hydrogen-bond acceptors (Lipinski definition) is 0. The molecule has 4 saturated carbocycles. The molecule has 0 aromatic carbocycles. The Bertz CT molecular complexity index is 548. The predicted octanol–water partition coefficient (Wildman–Crippen LogP) is 9.13. The van der Waals surface area contributed by atoms with E-state index < -0.39 is 0 Å². The maximum Gasteiger partial charge on any atom is -0.0264 e. The SMILES string of the molecule is CC[C@H](CC[C@@H](C)[C@H]1CCC2[C@@H]3CC[C@@H]4CCCC[C@]4(C)C3CC[C@@]21C)C(C)C. The highest BCUT2D eigenvalue weighted by Gasteiger charge is 2.60. The van der Waals surface area contributed by atoms with Crippen LogP contribution < -0.4 is 0 Å². The van der Waals surface area contributed by atoms with Gasteiger partial charge in [-0.25, -0.2) is 0 Å². The lowest BCUT2D eigenvalue weighted by atomic mass is 9.44. The zero-order valence-electron chi connectivity index (χ0n) is 20.8. The van der Waals surface area contributed by atoms with Gasteiger partial charge in [-0.2, -0.15) is 0 Å². The third-order valence-corrected chi connectivity index (χ3v) is 11.8. The maximum atomic E-state index is 2.76. The molecule has 2 unspecified atom stereocenters. The molecular weight excluding hydrogens is 348 g/mol. The van der Waals surface area contributed by atoms with Crippen molar-refractivity contribution in [2.75, 3.05) is 0 Å². The fourth-order valence-corrected chi connectivity index (χ4v) is 9.96. The molecule has 29 heavy (non-hydrogen) atoms. The molecule has 4 aliphatic rings. The Morgan fingerprint density at radius 2 is 1.52 bits per heavy atom. The van der Waals surface area contributed by atoms with Crippen molar-refractivity contribution in [3.63, 3.8) is 0 Å². The Balaban J connectivity index is 1.45. The summed E-state index contributed by atoms with van der Waals surface area (Å²) in [6.07, 6.45) is 19.8. The normalized spacial score (nSPS) is 46.7. The monoisotopic (exact) mass is 400 g/mol. The molecule has 0 bridgehead atoms. The van der Waals surface area contributed by atoms with Gasteiger partial charge in [0.1, 0.15) is 0 Å². The Kier molecular flexibility index (Phi) is 6.51. The second kappa shape index (κ2) is 8.50. The lowest BCUT2D eigenvalue weighted by Crippen LogP contribution is -2.53. The van der Waals surface area contributed by atoms with Crippen LogP contribution in [0, 0.1) is 58.2 Å². The van der Waals surface area contributed by atoms with E-state index in [4.69, 9.17) is 0 Å². The molecule has 0 spiro atoms. The van der Waals surface area contributed by atoms with Crippen molar-refractivity contribution in [2.24, 2.45) is 58.2 Å². The molecule has 0 saturated heterocycles. The third kappa shape index (κ3) is 3.75. The van der Waals surface area contributed by atoms with Crippen LogP contribution >= 0.6 is 0 Å². The van der Waals surface area contributed by atoms with Gasteiger partial charge in [-0.3, -0.25) is 0 Å². The van der Waals surface area contributed by atoms with Gasteiger partial charge in [0.2, 0.25) is 0 Å². The molecule has 0 heterocycles. The van der Waals surface area contributed by atoms with E-state index in [-0.39, 0.29) is 0 Å². The van der Waals surface area contributed by atoms with Crippen molar-refractivity contribution in [1.29, 1.82) is 0 Å². The lowest BCUT2D eigenvalue weighted by molar-refractivity contribution is -0.114. The summed E-state index contributed by atoms with van der Waals surface area (Å²) in [5.74, 6) is 8.02. The fraction of sp³-hybridized carbons (Fsp3) is 1.00. The Hall–Kier alpha value is 0. The summed E-state index contributed by atoms with van der Waals surface area (Å²) in [6, 6.07) is 0. The predicted molar refractivity (Wildman–Crippen MR) is 127 cm³/mol. The van der Waals surface area contributed by atoms with E-state index in [2.05, 4.69) is 41.5 Å². The molecule has 0 nitrogen and oxygen atoms in total. The first kappa shape index (κ1) is 22.2. The Labute approximate surface area is 183 Å². The van der Waals surface area contributed by atoms with E-state index in [1.54, 1.807) is 51.4 Å². The average Bonchev–Trinajstić information content (AvgIpc) is 3.05. The van der Waals surface area contributed by atoms with Gasteiger partial charge >= 0.3 is 0 Å². The van der Waals surface area contributed by atoms with E-state index in [1.165, 1.54) is 32.1 Å². The van der Waals surface area contributed by atoms with E-state index >= 15 is 0 Å². The summed E-state index contributed by atoms with van der Waals surface area (Å²) >= 11 is 0. The first-order chi connectivity index (χ1) is 13.8. The lowest BCUT2D eigenvalue weighted by Gasteiger charge is -2.61. The van der Waals surface area contributed by atoms with Gasteiger partial charge in [0.15, 0.2) is 0 Å². The average molecular weight is 401 g/mol. The first-order valence-electron chi connectivity index (χ1n) is 13.8. The molecule has 4 rings (SSSR count). The van der Waals surface area contributed by atoms with Crippen LogP contribution in [0.5, 0.6) is 0 Å². The highest BCUT2D eigenvalue weighted by Crippen LogP contribution is 2.68. The van der Waals surface area contributed by atoms with E-state index in [0.717, 1.165) is 47.3 Å². The highest BCUT2D eigenvalue weighted by molar-refractivity contribution is 5.09. The van der Waals surface area contributed by atoms with Crippen molar-refractivity contribution in [3.05, 3.63) is 0 Å². The van der Waals surface area contributed by atoms with Crippen LogP contribution in [0.4, 0.5) is 0 Å². The summed E-state index contributed by atoms with van der Waals surface area (Å²) in [5, 5.41) is 0. The maximum absolute atomic E-state index is 2.76. The summed E-state index contributed by atoms with van der Waals surface area (Å²) in [4.78, 5) is 0. The molecule has 0 aromatic heterocycles. The summed E-state index contributed by atoms with van der Waals surface area (Å²) in [5.41, 5.74) is 1.37. The van der Waals surface area contributed by atoms with E-state index in [1.807, 2.05) is 0 Å². The van der Waals surface area contributed by atoms with Crippen LogP contribution in [0.25, 0.3) is 0 Å². The smallest absolute Gasteiger partial charge is 0.0264 e. The topological polar surface area (TPSA) is 0 Å². The van der Waals surface area contributed by atoms with Crippen molar-refractivity contribution in [3.8, 4) is 0 Å². The summed E-state index contributed by atoms with van der Waals surface area (Å²) < 4.78 is 0. The van der Waals surface area contributed by atoms with Crippen molar-refractivity contribution >= 4 is 0 Å². The minimum absolute atomic E-state index is 0.665. The molecule has 0 aliphatic heterocycles. The van der Waals surface area contributed by atoms with Gasteiger partial charge in [0.05, 0.1) is 0 Å². The van der Waals surface area contributed by atoms with Gasteiger partial charge in [-0.05, 0) is 116 Å². The summed E-state index contributed by atoms with van der Waals surface area (Å²) in [6.45, 7) is 15.4. The van der Waals surface area contributed by atoms with Gasteiger partial charge in [0, 0.05) is 0 Å². The van der Waals surface area contributed by atoms with Crippen molar-refractivity contribution < 1.29 is 0 Å². The molecule has 168 valence electrons. The third-order valence-electron chi connectivity index (χ3n) is 11.8. The zero-order valence-corrected chi connectivity index (χ0v) is 20.8. The van der Waals surface area contributed by atoms with Crippen molar-refractivity contribution in [1.82, 2.24) is 0 Å². The number of hydrogen-bond donors (Lipinski definition) is 0. The van der Waals surface area contributed by atoms with Crippen LogP contribution in [-0.4, -0.2) is 0 Å². The summed E-state index contributed by atoms with van der Waals surface area (Å²) in [7, 11) is 0. The van der Waals surface area contributed by atoms with Crippen LogP contribution in [0.15, 0.2) is 0 Å². The molecule has 0 heteroatoms. The second-order valence-corrected chi connectivity index (χ2v) is 13.1. The first-order valence-corrected chi connectivity index (χ1v) is 13.8. The van der Waals surface area contributed by atoms with Gasteiger partial charge in [-0.15, -0.1) is 0 Å². The van der Waals surface area contributed by atoms with E-state index in [9.17, 15) is 0 Å². The van der Waals surface area contributed by atoms with Gasteiger partial charge in [-0.1, -0.05) is 67.2 Å². The standard InChI is InChI=1S/C29H52/c1-7-22(20(2)3)12-11-21(4)25-15-16-26-24-14-13-23-10-8-9-18-28(23,5)27(24)17-19-29(25,26)6/h20-27H,7-19H2,1-6H3/t21-,22-,23+,24+,25-,26?,27?,28+,29-/m1/s1. The number of fused-ring (bicyclic) bond motifs is 5. The largest absolute Gasteiger partial charge is 0.0651 e. The molecule has 4 fully saturated rings. The molecule has 9 atom stereocenters. The van der Waals surface area contributed by atoms with Crippen LogP contribution in [0.2, 0.25) is 0 Å². The minimum atomic E-state index is 0.665. The number of rotatable bonds is 6. The molecule has 0 amide bonds. The fourth-order valence-electron chi connectivity index (χ4n) is 9.96. The highest BCUT2D eigenvalue weighted by atomic mass is 14.6. The Morgan fingerprint density at radius 1 is 0.759 bits per heavy atom. The molecular formula is C29H52. The van der Waals surface area contributed by atoms with E-state index in [0.29, 0.717) is 10.8 Å². The minimum Gasteiger partial charge on any atom is -0.0651 e. The van der Waals surface area contributed by atoms with Crippen molar-refractivity contribution in [2.45, 2.75) is 125 Å². The van der Waals surface area contributed by atoms with Crippen LogP contribution in [0.3, 0.4) is 0 Å². The van der Waals surface area contributed by atoms with Gasteiger partial charge < -0.3 is 0 Å². The molecule has 4 aliphatic carbocycles. The molecule has 0 N–H and O–H groups in total. The van der Waals surface area contributed by atoms with Crippen LogP contribution in [-0.2, 0) is 0 Å². The zero-order chi connectivity index (χ0) is 20.8.